The van der Waals surface area contributed by atoms with E-state index in [9.17, 15) is 9.36 Å². The molecule has 0 spiro atoms. The van der Waals surface area contributed by atoms with Crippen molar-refractivity contribution in [2.75, 3.05) is 12.8 Å². The van der Waals surface area contributed by atoms with E-state index < -0.39 is 19.4 Å². The number of nitrogens with two attached hydrogens (primary N) is 1. The fraction of sp³-hybridized carbons (Fsp3) is 0.909. The van der Waals surface area contributed by atoms with Crippen molar-refractivity contribution in [2.45, 2.75) is 51.0 Å². The van der Waals surface area contributed by atoms with Crippen molar-refractivity contribution in [3.63, 3.8) is 0 Å². The molecular formula is C11H24NO4P. The van der Waals surface area contributed by atoms with E-state index in [2.05, 4.69) is 0 Å². The number of rotatable bonds is 4. The van der Waals surface area contributed by atoms with E-state index >= 15 is 0 Å². The quantitative estimate of drug-likeness (QED) is 0.675. The molecule has 0 aromatic carbocycles. The van der Waals surface area contributed by atoms with Gasteiger partial charge < -0.3 is 15.7 Å². The second-order valence-electron chi connectivity index (χ2n) is 4.63. The Morgan fingerprint density at radius 3 is 1.82 bits per heavy atom. The molecule has 1 aliphatic carbocycles. The number of hydrogen-bond acceptors (Lipinski definition) is 3. The Labute approximate surface area is 103 Å². The minimum absolute atomic E-state index is 0.0412. The number of carboxylic acid groups (broad SMARTS) is 1. The molecule has 17 heavy (non-hydrogen) atoms. The van der Waals surface area contributed by atoms with E-state index in [4.69, 9.17) is 15.7 Å². The predicted octanol–water partition coefficient (Wildman–Crippen LogP) is 2.03. The van der Waals surface area contributed by atoms with Gasteiger partial charge in [-0.15, -0.1) is 0 Å². The van der Waals surface area contributed by atoms with Crippen molar-refractivity contribution < 1.29 is 19.4 Å². The van der Waals surface area contributed by atoms with Crippen LogP contribution in [0, 0.1) is 0 Å². The van der Waals surface area contributed by atoms with Gasteiger partial charge in [-0.1, -0.05) is 38.5 Å². The smallest absolute Gasteiger partial charge is 0.320 e. The molecule has 0 heterocycles. The second kappa shape index (κ2) is 8.67. The first-order valence-corrected chi connectivity index (χ1v) is 8.40. The molecule has 1 fully saturated rings. The monoisotopic (exact) mass is 265 g/mol. The molecule has 1 unspecified atom stereocenters. The van der Waals surface area contributed by atoms with E-state index in [0.717, 1.165) is 0 Å². The molecule has 0 bridgehead atoms. The van der Waals surface area contributed by atoms with Crippen LogP contribution in [0.1, 0.15) is 44.9 Å². The highest BCUT2D eigenvalue weighted by Gasteiger charge is 2.16. The second-order valence-corrected chi connectivity index (χ2v) is 7.18. The topological polar surface area (TPSA) is 101 Å². The number of carboxylic acids is 1. The van der Waals surface area contributed by atoms with Gasteiger partial charge in [-0.25, -0.2) is 0 Å². The predicted molar refractivity (Wildman–Crippen MR) is 68.5 cm³/mol. The minimum Gasteiger partial charge on any atom is -0.480 e. The summed E-state index contributed by atoms with van der Waals surface area (Å²) in [4.78, 5) is 18.9. The highest BCUT2D eigenvalue weighted by atomic mass is 31.2. The third-order valence-electron chi connectivity index (χ3n) is 2.67. The molecule has 1 aliphatic rings. The summed E-state index contributed by atoms with van der Waals surface area (Å²) in [5.74, 6) is -1.14. The van der Waals surface area contributed by atoms with Crippen LogP contribution in [0.15, 0.2) is 0 Å². The first-order chi connectivity index (χ1) is 7.83. The standard InChI is InChI=1S/C6H12.C5H12NO4P/c1-2-4-6-5-3-1;1-11(9,10)3-2-4(6)5(7)8/h1-6H2;4H,2-3,6H2,1H3,(H,7,8)(H,9,10)/t;4-/m.0/s1. The van der Waals surface area contributed by atoms with Crippen LogP contribution < -0.4 is 5.73 Å². The highest BCUT2D eigenvalue weighted by molar-refractivity contribution is 7.57. The zero-order valence-corrected chi connectivity index (χ0v) is 11.4. The summed E-state index contributed by atoms with van der Waals surface area (Å²) in [5, 5.41) is 8.28. The summed E-state index contributed by atoms with van der Waals surface area (Å²) in [6.07, 6.45) is 9.00. The largest absolute Gasteiger partial charge is 0.480 e. The average Bonchev–Trinajstić information content (AvgIpc) is 2.28. The summed E-state index contributed by atoms with van der Waals surface area (Å²) in [5.41, 5.74) is 5.09. The van der Waals surface area contributed by atoms with Gasteiger partial charge in [0, 0.05) is 12.8 Å². The van der Waals surface area contributed by atoms with Crippen molar-refractivity contribution in [2.24, 2.45) is 5.73 Å². The first-order valence-electron chi connectivity index (χ1n) is 6.10. The molecule has 1 saturated carbocycles. The van der Waals surface area contributed by atoms with Crippen LogP contribution in [0.4, 0.5) is 0 Å². The van der Waals surface area contributed by atoms with E-state index in [1.54, 1.807) is 0 Å². The SMILES string of the molecule is C1CCCCC1.CP(=O)(O)CC[C@H](N)C(=O)O. The lowest BCUT2D eigenvalue weighted by molar-refractivity contribution is -0.138. The Bertz CT molecular complexity index is 249. The van der Waals surface area contributed by atoms with E-state index in [-0.39, 0.29) is 12.6 Å². The fourth-order valence-corrected chi connectivity index (χ4v) is 2.32. The molecule has 102 valence electrons. The maximum absolute atomic E-state index is 10.6. The van der Waals surface area contributed by atoms with E-state index in [1.807, 2.05) is 0 Å². The molecule has 0 radical (unpaired) electrons. The van der Waals surface area contributed by atoms with Crippen molar-refractivity contribution >= 4 is 13.3 Å². The van der Waals surface area contributed by atoms with Gasteiger partial charge in [-0.05, 0) is 6.42 Å². The molecule has 6 heteroatoms. The zero-order chi connectivity index (χ0) is 13.3. The lowest BCUT2D eigenvalue weighted by atomic mass is 10.0. The van der Waals surface area contributed by atoms with Crippen LogP contribution in [-0.2, 0) is 9.36 Å². The van der Waals surface area contributed by atoms with Crippen molar-refractivity contribution in [3.8, 4) is 0 Å². The summed E-state index contributed by atoms with van der Waals surface area (Å²) >= 11 is 0. The van der Waals surface area contributed by atoms with Gasteiger partial charge in [0.2, 0.25) is 0 Å². The zero-order valence-electron chi connectivity index (χ0n) is 10.5. The third kappa shape index (κ3) is 11.9. The van der Waals surface area contributed by atoms with Crippen LogP contribution in [0.3, 0.4) is 0 Å². The van der Waals surface area contributed by atoms with E-state index in [0.29, 0.717) is 0 Å². The minimum atomic E-state index is -3.10. The molecule has 4 N–H and O–H groups in total. The number of hydrogen-bond donors (Lipinski definition) is 3. The summed E-state index contributed by atoms with van der Waals surface area (Å²) in [6.45, 7) is 1.18. The molecule has 5 nitrogen and oxygen atoms in total. The van der Waals surface area contributed by atoms with Crippen LogP contribution >= 0.6 is 7.37 Å². The molecule has 0 aromatic rings. The molecule has 0 aromatic heterocycles. The first kappa shape index (κ1) is 16.6. The maximum atomic E-state index is 10.6. The highest BCUT2D eigenvalue weighted by Crippen LogP contribution is 2.35. The lowest BCUT2D eigenvalue weighted by Crippen LogP contribution is -2.30. The van der Waals surface area contributed by atoms with Crippen LogP contribution in [0.2, 0.25) is 0 Å². The Morgan fingerprint density at radius 2 is 1.59 bits per heavy atom. The maximum Gasteiger partial charge on any atom is 0.320 e. The fourth-order valence-electron chi connectivity index (χ4n) is 1.56. The Balaban J connectivity index is 0.000000354. The van der Waals surface area contributed by atoms with Crippen molar-refractivity contribution in [1.82, 2.24) is 0 Å². The molecule has 1 rings (SSSR count). The lowest BCUT2D eigenvalue weighted by Gasteiger charge is -2.07. The third-order valence-corrected chi connectivity index (χ3v) is 3.76. The van der Waals surface area contributed by atoms with E-state index in [1.165, 1.54) is 45.2 Å². The van der Waals surface area contributed by atoms with Gasteiger partial charge in [0.25, 0.3) is 0 Å². The van der Waals surface area contributed by atoms with Gasteiger partial charge in [0.15, 0.2) is 7.37 Å². The molecule has 0 aliphatic heterocycles. The normalized spacial score (nSPS) is 20.6. The van der Waals surface area contributed by atoms with Gasteiger partial charge in [-0.2, -0.15) is 0 Å². The number of carbonyl (C=O) groups is 1. The van der Waals surface area contributed by atoms with Gasteiger partial charge in [0.1, 0.15) is 6.04 Å². The van der Waals surface area contributed by atoms with Crippen LogP contribution in [0.25, 0.3) is 0 Å². The Hall–Kier alpha value is -0.380. The molecule has 0 saturated heterocycles. The molecule has 0 amide bonds. The Morgan fingerprint density at radius 1 is 1.24 bits per heavy atom. The average molecular weight is 265 g/mol. The van der Waals surface area contributed by atoms with Crippen LogP contribution in [0.5, 0.6) is 0 Å². The van der Waals surface area contributed by atoms with Crippen molar-refractivity contribution in [1.29, 1.82) is 0 Å². The number of aliphatic carboxylic acids is 1. The molecular weight excluding hydrogens is 241 g/mol. The summed E-state index contributed by atoms with van der Waals surface area (Å²) in [7, 11) is -3.10. The van der Waals surface area contributed by atoms with Crippen molar-refractivity contribution in [3.05, 3.63) is 0 Å². The summed E-state index contributed by atoms with van der Waals surface area (Å²) in [6, 6.07) is -1.03. The van der Waals surface area contributed by atoms with Gasteiger partial charge in [0.05, 0.1) is 0 Å². The summed E-state index contributed by atoms with van der Waals surface area (Å²) < 4.78 is 10.6. The van der Waals surface area contributed by atoms with Gasteiger partial charge in [-0.3, -0.25) is 9.36 Å². The Kier molecular flexibility index (Phi) is 8.48. The molecule has 2 atom stereocenters. The van der Waals surface area contributed by atoms with Gasteiger partial charge >= 0.3 is 5.97 Å². The van der Waals surface area contributed by atoms with Crippen LogP contribution in [-0.4, -0.2) is 34.8 Å².